The summed E-state index contributed by atoms with van der Waals surface area (Å²) in [6, 6.07) is -2.53. The number of urea groups is 1. The van der Waals surface area contributed by atoms with Crippen LogP contribution < -0.4 is 45.5 Å². The molecule has 0 saturated carbocycles. The maximum Gasteiger partial charge on any atom is 1.00 e. The van der Waals surface area contributed by atoms with Crippen molar-refractivity contribution in [2.24, 2.45) is 0 Å². The molecule has 0 spiro atoms. The number of nitrogens with zero attached hydrogens (tertiary/aromatic N) is 3. The fraction of sp³-hybridized carbons (Fsp3) is 0.700. The van der Waals surface area contributed by atoms with Gasteiger partial charge in [0.05, 0.1) is 31.1 Å². The maximum atomic E-state index is 13.1. The molecule has 3 saturated heterocycles. The van der Waals surface area contributed by atoms with Gasteiger partial charge in [-0.25, -0.2) is 9.59 Å². The van der Waals surface area contributed by atoms with Gasteiger partial charge in [-0.3, -0.25) is 24.1 Å². The number of imide groups is 1. The Morgan fingerprint density at radius 2 is 1.95 bits per heavy atom. The Morgan fingerprint density at radius 1 is 1.24 bits per heavy atom. The minimum atomic E-state index is -5.03. The summed E-state index contributed by atoms with van der Waals surface area (Å²) in [7, 11) is -5.03. The molecule has 0 radical (unpaired) electrons. The van der Waals surface area contributed by atoms with Gasteiger partial charge in [-0.1, -0.05) is 0 Å². The molecule has 0 aliphatic carbocycles. The summed E-state index contributed by atoms with van der Waals surface area (Å²) >= 11 is 0. The van der Waals surface area contributed by atoms with E-state index >= 15 is 0 Å². The average molecular weight is 569 g/mol. The Bertz CT molecular complexity index is 1230. The zero-order valence-corrected chi connectivity index (χ0v) is 23.6. The van der Waals surface area contributed by atoms with E-state index in [-0.39, 0.29) is 48.1 Å². The summed E-state index contributed by atoms with van der Waals surface area (Å²) < 4.78 is 35.0. The van der Waals surface area contributed by atoms with Crippen LogP contribution in [0, 0.1) is 6.92 Å². The van der Waals surface area contributed by atoms with Crippen LogP contribution in [0.1, 0.15) is 43.3 Å². The zero-order valence-electron chi connectivity index (χ0n) is 20.8. The second-order valence-corrected chi connectivity index (χ2v) is 10.9. The van der Waals surface area contributed by atoms with Crippen molar-refractivity contribution < 1.29 is 82.4 Å². The minimum absolute atomic E-state index is 0. The fourth-order valence-electron chi connectivity index (χ4n) is 5.10. The van der Waals surface area contributed by atoms with Gasteiger partial charge >= 0.3 is 41.3 Å². The third-order valence-electron chi connectivity index (χ3n) is 7.00. The molecule has 204 valence electrons. The Kier molecular flexibility index (Phi) is 8.30. The molecule has 5 aliphatic rings. The second-order valence-electron chi connectivity index (χ2n) is 9.58. The topological polar surface area (TPSA) is 222 Å². The predicted octanol–water partition coefficient (Wildman–Crippen LogP) is -5.46. The van der Waals surface area contributed by atoms with E-state index in [0.29, 0.717) is 5.56 Å². The van der Waals surface area contributed by atoms with Crippen LogP contribution in [-0.2, 0) is 27.9 Å². The molecule has 16 nitrogen and oxygen atoms in total. The number of carbonyl (C=O) groups is 2. The van der Waals surface area contributed by atoms with Gasteiger partial charge in [-0.05, 0) is 19.4 Å². The first-order valence-electron chi connectivity index (χ1n) is 11.5. The first-order chi connectivity index (χ1) is 17.3. The van der Waals surface area contributed by atoms with Crippen LogP contribution >= 0.6 is 7.82 Å². The summed E-state index contributed by atoms with van der Waals surface area (Å²) in [6.45, 7) is 1.37. The summed E-state index contributed by atoms with van der Waals surface area (Å²) in [5, 5.41) is 33.4. The standard InChI is InChI=1S/C20H27N4O12P.Na/c1-8-5-23-13-3-9(26)12(35-13)7-33-37(31,32)36-10-4-14(34-11(10)6-25)24-16(15(8)21-18(23)28)20(2,30)17(27)22-19(24)29;/h5,9-14,16,25-26,30H,3-4,6-7H2,1-2H3,(H,31,32)(H,22,27,29);/q;+1/p-1/t9-,10-,11+,12+,13+,14+,16-,20+;/m0./s1/i21+1;. The SMILES string of the molecule is Cc1cn2c(=O)[15n]c1[C@@H]1N(C(=O)NC(=O)[C@]1(C)O)[C@H]1C[C@H](OP(=O)([O-])OC[C@H]3O[C@@H]2C[C@@H]3O)[C@@H](CO)O1.[Na+]. The second kappa shape index (κ2) is 10.6. The monoisotopic (exact) mass is 569 g/mol. The molecule has 1 aromatic rings. The van der Waals surface area contributed by atoms with Gasteiger partial charge in [0.15, 0.2) is 5.60 Å². The molecular weight excluding hydrogens is 543 g/mol. The largest absolute Gasteiger partial charge is 1.00 e. The number of aromatic nitrogens is 2. The molecule has 6 rings (SSSR count). The number of phosphoric acid groups is 1. The zero-order chi connectivity index (χ0) is 26.9. The van der Waals surface area contributed by atoms with E-state index < -0.39 is 87.2 Å². The molecule has 3 amide bonds. The van der Waals surface area contributed by atoms with E-state index in [0.717, 1.165) is 16.4 Å². The number of phosphoric ester groups is 1. The molecule has 3 fully saturated rings. The molecular formula is C20H26N4NaO12P. The number of hydrogen-bond acceptors (Lipinski definition) is 13. The van der Waals surface area contributed by atoms with Crippen LogP contribution in [0.15, 0.2) is 11.0 Å². The van der Waals surface area contributed by atoms with Gasteiger partial charge in [-0.15, -0.1) is 0 Å². The van der Waals surface area contributed by atoms with E-state index in [2.05, 4.69) is 4.98 Å². The quantitative estimate of drug-likeness (QED) is 0.183. The molecule has 9 atom stereocenters. The van der Waals surface area contributed by atoms with Crippen molar-refractivity contribution in [3.8, 4) is 0 Å². The number of aliphatic hydroxyl groups excluding tert-OH is 2. The van der Waals surface area contributed by atoms with Crippen molar-refractivity contribution in [2.45, 2.75) is 75.2 Å². The van der Waals surface area contributed by atoms with E-state index in [4.69, 9.17) is 18.5 Å². The third-order valence-corrected chi connectivity index (χ3v) is 8.00. The van der Waals surface area contributed by atoms with E-state index in [1.54, 1.807) is 6.92 Å². The number of amides is 3. The number of hydrogen-bond donors (Lipinski definition) is 4. The smallest absolute Gasteiger partial charge is 0.756 e. The van der Waals surface area contributed by atoms with Crippen molar-refractivity contribution in [1.29, 1.82) is 0 Å². The van der Waals surface area contributed by atoms with Crippen molar-refractivity contribution in [3.05, 3.63) is 27.9 Å². The maximum absolute atomic E-state index is 13.1. The molecule has 6 heterocycles. The van der Waals surface area contributed by atoms with Crippen molar-refractivity contribution in [1.82, 2.24) is 19.8 Å². The van der Waals surface area contributed by atoms with Crippen LogP contribution in [-0.4, -0.2) is 91.2 Å². The van der Waals surface area contributed by atoms with Crippen LogP contribution in [0.5, 0.6) is 0 Å². The van der Waals surface area contributed by atoms with E-state index in [1.165, 1.54) is 6.20 Å². The predicted molar refractivity (Wildman–Crippen MR) is 115 cm³/mol. The first-order valence-corrected chi connectivity index (χ1v) is 13.0. The summed E-state index contributed by atoms with van der Waals surface area (Å²) in [5.74, 6) is -1.05. The normalized spacial score (nSPS) is 41.0. The Balaban J connectivity index is 0.00000336. The molecule has 4 N–H and O–H groups in total. The summed E-state index contributed by atoms with van der Waals surface area (Å²) in [4.78, 5) is 56.3. The van der Waals surface area contributed by atoms with Gasteiger partial charge in [-0.2, -0.15) is 4.98 Å². The van der Waals surface area contributed by atoms with Crippen molar-refractivity contribution in [2.75, 3.05) is 13.2 Å². The van der Waals surface area contributed by atoms with Gasteiger partial charge in [0.25, 0.3) is 13.7 Å². The number of nitrogens with one attached hydrogen (secondary N) is 1. The molecule has 1 unspecified atom stereocenters. The van der Waals surface area contributed by atoms with Crippen LogP contribution in [0.2, 0.25) is 0 Å². The number of rotatable bonds is 1. The van der Waals surface area contributed by atoms with Crippen LogP contribution in [0.25, 0.3) is 0 Å². The molecule has 6 bridgehead atoms. The third kappa shape index (κ3) is 5.13. The Morgan fingerprint density at radius 3 is 2.63 bits per heavy atom. The molecule has 5 aliphatic heterocycles. The number of ether oxygens (including phenoxy) is 2. The van der Waals surface area contributed by atoms with Gasteiger partial charge < -0.3 is 38.7 Å². The Hall–Kier alpha value is -1.27. The number of fused-ring (bicyclic) bond motifs is 5. The fourth-order valence-corrected chi connectivity index (χ4v) is 6.04. The van der Waals surface area contributed by atoms with Crippen LogP contribution in [0.4, 0.5) is 4.79 Å². The van der Waals surface area contributed by atoms with Crippen molar-refractivity contribution >= 4 is 19.8 Å². The van der Waals surface area contributed by atoms with Gasteiger partial charge in [0.1, 0.15) is 30.7 Å². The average Bonchev–Trinajstić information content (AvgIpc) is 3.38. The summed E-state index contributed by atoms with van der Waals surface area (Å²) in [6.07, 6.45) is -6.23. The molecule has 18 heteroatoms. The summed E-state index contributed by atoms with van der Waals surface area (Å²) in [5.41, 5.74) is -2.97. The molecule has 1 aromatic heterocycles. The first kappa shape index (κ1) is 29.7. The Labute approximate surface area is 237 Å². The number of aryl methyl sites for hydroxylation is 1. The van der Waals surface area contributed by atoms with Gasteiger partial charge in [0, 0.05) is 19.0 Å². The number of carbonyl (C=O) groups excluding carboxylic acids is 2. The van der Waals surface area contributed by atoms with E-state index in [1.807, 2.05) is 5.32 Å². The van der Waals surface area contributed by atoms with Crippen LogP contribution in [0.3, 0.4) is 0 Å². The minimum Gasteiger partial charge on any atom is -0.756 e. The van der Waals surface area contributed by atoms with Gasteiger partial charge in [0.2, 0.25) is 0 Å². The molecule has 38 heavy (non-hydrogen) atoms. The molecule has 0 aromatic carbocycles. The number of aliphatic hydroxyl groups is 3. The van der Waals surface area contributed by atoms with Crippen molar-refractivity contribution in [3.63, 3.8) is 0 Å². The van der Waals surface area contributed by atoms with E-state index in [9.17, 15) is 39.2 Å².